The predicted octanol–water partition coefficient (Wildman–Crippen LogP) is 6.57. The maximum absolute atomic E-state index is 14.4. The average Bonchev–Trinajstić information content (AvgIpc) is 3.30. The monoisotopic (exact) mass is 928 g/mol. The molecule has 3 aliphatic heterocycles. The Hall–Kier alpha value is -3.37. The van der Waals surface area contributed by atoms with Crippen LogP contribution in [0, 0.1) is 35.5 Å². The number of aliphatic hydroxyl groups excluding tert-OH is 2. The second-order valence-electron chi connectivity index (χ2n) is 19.9. The molecule has 14 heteroatoms. The van der Waals surface area contributed by atoms with E-state index in [1.807, 2.05) is 45.1 Å². The number of nitrogens with zero attached hydrogens (tertiary/aromatic N) is 1. The van der Waals surface area contributed by atoms with E-state index in [2.05, 4.69) is 13.0 Å². The Morgan fingerprint density at radius 2 is 1.56 bits per heavy atom. The number of carbonyl (C=O) groups is 5. The fraction of sp³-hybridized carbons (Fsp3) is 0.750. The third-order valence-corrected chi connectivity index (χ3v) is 14.8. The smallest absolute Gasteiger partial charge is 0.329 e. The van der Waals surface area contributed by atoms with Crippen LogP contribution in [0.25, 0.3) is 0 Å². The van der Waals surface area contributed by atoms with Crippen LogP contribution in [0.2, 0.25) is 0 Å². The van der Waals surface area contributed by atoms with Crippen molar-refractivity contribution >= 4 is 29.2 Å². The average molecular weight is 928 g/mol. The summed E-state index contributed by atoms with van der Waals surface area (Å²) in [7, 11) is 4.54. The van der Waals surface area contributed by atoms with Gasteiger partial charge in [0.15, 0.2) is 5.78 Å². The van der Waals surface area contributed by atoms with Crippen LogP contribution < -0.4 is 0 Å². The summed E-state index contributed by atoms with van der Waals surface area (Å²) in [6.45, 7) is 12.8. The van der Waals surface area contributed by atoms with Crippen LogP contribution in [0.3, 0.4) is 0 Å². The molecule has 1 aliphatic carbocycles. The lowest BCUT2D eigenvalue weighted by molar-refractivity contribution is -0.265. The quantitative estimate of drug-likeness (QED) is 0.147. The second kappa shape index (κ2) is 25.8. The molecule has 3 heterocycles. The van der Waals surface area contributed by atoms with Gasteiger partial charge < -0.3 is 43.9 Å². The second-order valence-corrected chi connectivity index (χ2v) is 19.9. The molecular formula is C52H81NO13. The van der Waals surface area contributed by atoms with Gasteiger partial charge in [0.25, 0.3) is 11.7 Å². The van der Waals surface area contributed by atoms with Gasteiger partial charge in [0.2, 0.25) is 5.79 Å². The zero-order valence-corrected chi connectivity index (χ0v) is 41.3. The molecular weight excluding hydrogens is 847 g/mol. The highest BCUT2D eigenvalue weighted by Gasteiger charge is 2.53. The number of esters is 1. The van der Waals surface area contributed by atoms with Crippen LogP contribution >= 0.6 is 0 Å². The van der Waals surface area contributed by atoms with Gasteiger partial charge in [-0.3, -0.25) is 19.2 Å². The number of piperidine rings is 1. The van der Waals surface area contributed by atoms with Crippen molar-refractivity contribution < 1.29 is 63.0 Å². The van der Waals surface area contributed by atoms with E-state index in [0.29, 0.717) is 63.4 Å². The summed E-state index contributed by atoms with van der Waals surface area (Å²) in [4.78, 5) is 71.8. The first-order valence-corrected chi connectivity index (χ1v) is 24.4. The van der Waals surface area contributed by atoms with Crippen LogP contribution in [-0.2, 0) is 47.7 Å². The molecule has 4 rings (SSSR count). The van der Waals surface area contributed by atoms with Crippen molar-refractivity contribution in [2.45, 2.75) is 186 Å². The summed E-state index contributed by atoms with van der Waals surface area (Å²) >= 11 is 0. The summed E-state index contributed by atoms with van der Waals surface area (Å²) in [6.07, 6.45) is 12.2. The van der Waals surface area contributed by atoms with Crippen molar-refractivity contribution in [2.75, 3.05) is 27.9 Å². The van der Waals surface area contributed by atoms with E-state index in [1.165, 1.54) is 12.0 Å². The zero-order chi connectivity index (χ0) is 48.9. The molecule has 3 N–H and O–H groups in total. The lowest BCUT2D eigenvalue weighted by Gasteiger charge is -2.42. The largest absolute Gasteiger partial charge is 0.460 e. The molecule has 1 amide bonds. The van der Waals surface area contributed by atoms with Gasteiger partial charge in [-0.1, -0.05) is 71.1 Å². The molecule has 2 unspecified atom stereocenters. The number of hydrogen-bond donors (Lipinski definition) is 3. The minimum atomic E-state index is -2.43. The minimum absolute atomic E-state index is 0.0880. The number of cyclic esters (lactones) is 1. The van der Waals surface area contributed by atoms with Crippen molar-refractivity contribution in [3.05, 3.63) is 47.6 Å². The van der Waals surface area contributed by atoms with E-state index in [1.54, 1.807) is 41.1 Å². The Labute approximate surface area is 393 Å². The number of allylic oxidation sites excluding steroid dienone is 6. The molecule has 2 bridgehead atoms. The molecule has 0 aromatic heterocycles. The van der Waals surface area contributed by atoms with Crippen molar-refractivity contribution in [1.29, 1.82) is 0 Å². The molecule has 0 aromatic carbocycles. The summed E-state index contributed by atoms with van der Waals surface area (Å²) in [5.74, 6) is -7.74. The first-order valence-electron chi connectivity index (χ1n) is 24.4. The molecule has 14 nitrogen and oxygen atoms in total. The van der Waals surface area contributed by atoms with Crippen LogP contribution in [0.15, 0.2) is 47.6 Å². The van der Waals surface area contributed by atoms with Crippen LogP contribution in [0.5, 0.6) is 0 Å². The number of methoxy groups -OCH3 is 3. The van der Waals surface area contributed by atoms with Gasteiger partial charge in [0.05, 0.1) is 24.4 Å². The highest BCUT2D eigenvalue weighted by Crippen LogP contribution is 2.38. The van der Waals surface area contributed by atoms with Crippen molar-refractivity contribution in [3.8, 4) is 0 Å². The molecule has 3 fully saturated rings. The van der Waals surface area contributed by atoms with Crippen molar-refractivity contribution in [3.63, 3.8) is 0 Å². The van der Waals surface area contributed by atoms with Gasteiger partial charge in [0, 0.05) is 58.5 Å². The Balaban J connectivity index is 1.69. The maximum atomic E-state index is 14.4. The van der Waals surface area contributed by atoms with Gasteiger partial charge in [-0.05, 0) is 113 Å². The van der Waals surface area contributed by atoms with Gasteiger partial charge in [0.1, 0.15) is 30.1 Å². The SMILES string of the molecule is CO[C@H]1CC2CC[C@@H](C)C(O)(O2)C(=O)C(=O)N2CCCC[C@H]2C(=O)O[C@H]([C@H](C)C[C@@H]2CC[C@@H](O)[C@H](OC)C2)CC(=O)[C@H](C)/C=C(\C)[C@@H](O)[C@@H](OC)C(=O)[C@H](C)CC[C@H](C)/C=C/C=C/C=C/1C. The number of amides is 1. The van der Waals surface area contributed by atoms with E-state index in [-0.39, 0.29) is 54.8 Å². The number of hydrogen-bond acceptors (Lipinski definition) is 13. The van der Waals surface area contributed by atoms with E-state index in [9.17, 15) is 39.3 Å². The standard InChI is InChI=1S/C52H81NO13/c1-31-16-12-11-13-17-32(2)43(62-8)29-39-23-21-37(7)52(61,66-39)49(58)50(59)53-25-15-14-18-40(53)51(60)65-44(35(5)27-38-22-24-41(54)45(28-38)63-9)30-42(55)34(4)26-36(6)47(57)48(64-10)46(56)33(3)20-19-31/h11-13,16-17,26,31,33-35,37-41,43-45,47-48,54,57,61H,14-15,18-25,27-30H2,1-10H3/b13-11+,16-12+,32-17+,36-26+/t31-,33-,34-,35-,37-,38+,39?,40+,41-,43+,44+,45-,47-,48+,52?/m1/s1. The number of ether oxygens (including phenoxy) is 5. The number of aliphatic hydroxyl groups is 3. The molecule has 1 saturated carbocycles. The minimum Gasteiger partial charge on any atom is -0.460 e. The molecule has 0 spiro atoms. The molecule has 372 valence electrons. The van der Waals surface area contributed by atoms with Crippen molar-refractivity contribution in [2.24, 2.45) is 35.5 Å². The highest BCUT2D eigenvalue weighted by molar-refractivity contribution is 6.39. The van der Waals surface area contributed by atoms with E-state index >= 15 is 0 Å². The topological polar surface area (TPSA) is 195 Å². The number of fused-ring (bicyclic) bond motifs is 3. The molecule has 4 aliphatic rings. The lowest BCUT2D eigenvalue weighted by Crippen LogP contribution is -2.61. The number of Topliss-reactive ketones (excluding diaryl/α,β-unsaturated/α-hetero) is 3. The summed E-state index contributed by atoms with van der Waals surface area (Å²) in [5, 5.41) is 33.9. The maximum Gasteiger partial charge on any atom is 0.329 e. The predicted molar refractivity (Wildman–Crippen MR) is 250 cm³/mol. The number of rotatable bonds is 6. The van der Waals surface area contributed by atoms with Gasteiger partial charge in [-0.15, -0.1) is 0 Å². The van der Waals surface area contributed by atoms with Gasteiger partial charge >= 0.3 is 5.97 Å². The van der Waals surface area contributed by atoms with Crippen molar-refractivity contribution in [1.82, 2.24) is 4.90 Å². The first-order chi connectivity index (χ1) is 31.2. The van der Waals surface area contributed by atoms with Crippen LogP contribution in [-0.4, -0.2) is 132 Å². The molecule has 66 heavy (non-hydrogen) atoms. The van der Waals surface area contributed by atoms with E-state index in [4.69, 9.17) is 23.7 Å². The van der Waals surface area contributed by atoms with Crippen LogP contribution in [0.4, 0.5) is 0 Å². The lowest BCUT2D eigenvalue weighted by atomic mass is 9.78. The van der Waals surface area contributed by atoms with E-state index < -0.39 is 83.9 Å². The molecule has 0 aromatic rings. The molecule has 15 atom stereocenters. The van der Waals surface area contributed by atoms with Gasteiger partial charge in [-0.2, -0.15) is 0 Å². The normalized spacial score (nSPS) is 40.2. The highest BCUT2D eigenvalue weighted by atomic mass is 16.6. The summed E-state index contributed by atoms with van der Waals surface area (Å²) in [6, 6.07) is -1.14. The summed E-state index contributed by atoms with van der Waals surface area (Å²) < 4.78 is 29.4. The zero-order valence-electron chi connectivity index (χ0n) is 41.3. The summed E-state index contributed by atoms with van der Waals surface area (Å²) in [5.41, 5.74) is 1.29. The Bertz CT molecular complexity index is 1770. The molecule has 2 saturated heterocycles. The number of ketones is 3. The third kappa shape index (κ3) is 14.6. The van der Waals surface area contributed by atoms with Crippen LogP contribution in [0.1, 0.15) is 132 Å². The van der Waals surface area contributed by atoms with Gasteiger partial charge in [-0.25, -0.2) is 4.79 Å². The Morgan fingerprint density at radius 1 is 0.833 bits per heavy atom. The number of carbonyl (C=O) groups excluding carboxylic acids is 5. The Morgan fingerprint density at radius 3 is 2.24 bits per heavy atom. The van der Waals surface area contributed by atoms with E-state index in [0.717, 1.165) is 18.4 Å². The Kier molecular flexibility index (Phi) is 21.6. The molecule has 0 radical (unpaired) electrons. The third-order valence-electron chi connectivity index (χ3n) is 14.8. The first kappa shape index (κ1) is 55.2. The fourth-order valence-corrected chi connectivity index (χ4v) is 10.1. The fourth-order valence-electron chi connectivity index (χ4n) is 10.1.